The molecular weight excluding hydrogens is 387 g/mol. The lowest BCUT2D eigenvalue weighted by Gasteiger charge is -2.21. The summed E-state index contributed by atoms with van der Waals surface area (Å²) in [7, 11) is 0. The summed E-state index contributed by atoms with van der Waals surface area (Å²) in [5.41, 5.74) is 6.01. The van der Waals surface area contributed by atoms with Crippen LogP contribution < -0.4 is 15.6 Å². The van der Waals surface area contributed by atoms with Gasteiger partial charge in [-0.15, -0.1) is 23.5 Å². The maximum absolute atomic E-state index is 12.8. The fourth-order valence-corrected chi connectivity index (χ4v) is 5.28. The predicted octanol–water partition coefficient (Wildman–Crippen LogP) is 3.53. The first-order chi connectivity index (χ1) is 13.1. The summed E-state index contributed by atoms with van der Waals surface area (Å²) in [6, 6.07) is 12.7. The average molecular weight is 407 g/mol. The van der Waals surface area contributed by atoms with Gasteiger partial charge in [-0.05, 0) is 59.9 Å². The van der Waals surface area contributed by atoms with Crippen LogP contribution >= 0.6 is 23.5 Å². The molecule has 0 unspecified atom stereocenters. The Labute approximate surface area is 165 Å². The van der Waals surface area contributed by atoms with Gasteiger partial charge in [0.05, 0.1) is 4.58 Å². The van der Waals surface area contributed by atoms with Crippen molar-refractivity contribution in [3.05, 3.63) is 65.5 Å². The number of rotatable bonds is 5. The fourth-order valence-electron chi connectivity index (χ4n) is 2.39. The highest BCUT2D eigenvalue weighted by Crippen LogP contribution is 2.43. The van der Waals surface area contributed by atoms with Crippen LogP contribution in [0, 0.1) is 5.82 Å². The van der Waals surface area contributed by atoms with Crippen molar-refractivity contribution in [3.63, 3.8) is 0 Å². The number of nitrogens with one attached hydrogen (secondary N) is 2. The number of carbonyl (C=O) groups excluding carboxylic acids is 2. The third-order valence-electron chi connectivity index (χ3n) is 3.77. The highest BCUT2D eigenvalue weighted by atomic mass is 32.2. The molecule has 1 aliphatic heterocycles. The number of thioether (sulfide) groups is 2. The Kier molecular flexibility index (Phi) is 7.00. The molecule has 2 aromatic carbocycles. The molecule has 5 nitrogen and oxygen atoms in total. The number of amides is 2. The quantitative estimate of drug-likeness (QED) is 0.744. The van der Waals surface area contributed by atoms with Gasteiger partial charge >= 0.3 is 0 Å². The Morgan fingerprint density at radius 3 is 2.33 bits per heavy atom. The van der Waals surface area contributed by atoms with Crippen LogP contribution in [0.15, 0.2) is 48.5 Å². The van der Waals surface area contributed by atoms with E-state index in [2.05, 4.69) is 10.9 Å². The third-order valence-corrected chi connectivity index (χ3v) is 6.79. The van der Waals surface area contributed by atoms with Gasteiger partial charge in [0.25, 0.3) is 11.8 Å². The van der Waals surface area contributed by atoms with E-state index in [0.29, 0.717) is 10.3 Å². The molecule has 0 saturated carbocycles. The molecule has 2 N–H and O–H groups in total. The Balaban J connectivity index is 1.42. The summed E-state index contributed by atoms with van der Waals surface area (Å²) >= 11 is 3.89. The van der Waals surface area contributed by atoms with Crippen LogP contribution in [0.5, 0.6) is 5.75 Å². The molecule has 2 amide bonds. The summed E-state index contributed by atoms with van der Waals surface area (Å²) in [5.74, 6) is 1.49. The van der Waals surface area contributed by atoms with Crippen LogP contribution in [-0.2, 0) is 4.79 Å². The number of hydrazine groups is 1. The first-order valence-corrected chi connectivity index (χ1v) is 10.5. The van der Waals surface area contributed by atoms with Gasteiger partial charge in [0.15, 0.2) is 6.61 Å². The van der Waals surface area contributed by atoms with Gasteiger partial charge in [0, 0.05) is 5.56 Å². The molecule has 3 rings (SSSR count). The van der Waals surface area contributed by atoms with Gasteiger partial charge < -0.3 is 4.74 Å². The molecule has 1 heterocycles. The van der Waals surface area contributed by atoms with Gasteiger partial charge in [-0.3, -0.25) is 20.4 Å². The van der Waals surface area contributed by atoms with Crippen LogP contribution in [0.2, 0.25) is 0 Å². The Hall–Kier alpha value is -2.19. The zero-order valence-corrected chi connectivity index (χ0v) is 16.1. The minimum Gasteiger partial charge on any atom is -0.484 e. The zero-order chi connectivity index (χ0) is 19.1. The van der Waals surface area contributed by atoms with E-state index in [4.69, 9.17) is 4.74 Å². The van der Waals surface area contributed by atoms with Crippen molar-refractivity contribution >= 4 is 35.3 Å². The standard InChI is InChI=1S/C19H19FN2O3S2/c20-15-6-2-13(3-7-15)18(24)22-21-17(23)12-25-16-8-4-14(5-9-16)19-26-10-1-11-27-19/h2-9,19H,1,10-12H2,(H,21,23)(H,22,24). The molecule has 0 atom stereocenters. The first kappa shape index (κ1) is 19.6. The van der Waals surface area contributed by atoms with E-state index in [1.807, 2.05) is 47.8 Å². The van der Waals surface area contributed by atoms with Gasteiger partial charge in [-0.25, -0.2) is 4.39 Å². The van der Waals surface area contributed by atoms with E-state index in [1.165, 1.54) is 47.8 Å². The second-order valence-corrected chi connectivity index (χ2v) is 8.52. The van der Waals surface area contributed by atoms with Crippen molar-refractivity contribution in [1.82, 2.24) is 10.9 Å². The largest absolute Gasteiger partial charge is 0.484 e. The van der Waals surface area contributed by atoms with E-state index in [0.717, 1.165) is 0 Å². The number of halogens is 1. The molecule has 0 aliphatic carbocycles. The van der Waals surface area contributed by atoms with Gasteiger partial charge in [0.1, 0.15) is 11.6 Å². The second-order valence-electron chi connectivity index (χ2n) is 5.79. The minimum absolute atomic E-state index is 0.226. The van der Waals surface area contributed by atoms with E-state index in [-0.39, 0.29) is 12.2 Å². The normalized spacial score (nSPS) is 14.4. The molecule has 8 heteroatoms. The zero-order valence-electron chi connectivity index (χ0n) is 14.4. The fraction of sp³-hybridized carbons (Fsp3) is 0.263. The molecule has 0 aromatic heterocycles. The molecule has 2 aromatic rings. The molecule has 142 valence electrons. The molecular formula is C19H19FN2O3S2. The molecule has 0 radical (unpaired) electrons. The van der Waals surface area contributed by atoms with Gasteiger partial charge in [0.2, 0.25) is 0 Å². The number of benzene rings is 2. The summed E-state index contributed by atoms with van der Waals surface area (Å²) in [6.07, 6.45) is 1.25. The maximum Gasteiger partial charge on any atom is 0.276 e. The van der Waals surface area contributed by atoms with Crippen molar-refractivity contribution in [2.24, 2.45) is 0 Å². The highest BCUT2D eigenvalue weighted by molar-refractivity contribution is 8.16. The topological polar surface area (TPSA) is 67.4 Å². The summed E-state index contributed by atoms with van der Waals surface area (Å²) < 4.78 is 18.7. The first-order valence-electron chi connectivity index (χ1n) is 8.42. The Morgan fingerprint density at radius 1 is 1.00 bits per heavy atom. The lowest BCUT2D eigenvalue weighted by atomic mass is 10.2. The van der Waals surface area contributed by atoms with E-state index in [1.54, 1.807) is 0 Å². The molecule has 1 aliphatic rings. The van der Waals surface area contributed by atoms with Crippen LogP contribution in [0.3, 0.4) is 0 Å². The second kappa shape index (κ2) is 9.66. The van der Waals surface area contributed by atoms with Crippen LogP contribution in [0.4, 0.5) is 4.39 Å². The average Bonchev–Trinajstić information content (AvgIpc) is 2.72. The lowest BCUT2D eigenvalue weighted by molar-refractivity contribution is -0.123. The van der Waals surface area contributed by atoms with Crippen molar-refractivity contribution < 1.29 is 18.7 Å². The highest BCUT2D eigenvalue weighted by Gasteiger charge is 2.16. The molecule has 0 spiro atoms. The molecule has 1 saturated heterocycles. The lowest BCUT2D eigenvalue weighted by Crippen LogP contribution is -2.43. The maximum atomic E-state index is 12.8. The number of carbonyl (C=O) groups is 2. The number of hydrogen-bond donors (Lipinski definition) is 2. The Morgan fingerprint density at radius 2 is 1.67 bits per heavy atom. The number of hydrogen-bond acceptors (Lipinski definition) is 5. The van der Waals surface area contributed by atoms with Crippen molar-refractivity contribution in [2.75, 3.05) is 18.1 Å². The SMILES string of the molecule is O=C(COc1ccc(C2SCCCS2)cc1)NNC(=O)c1ccc(F)cc1. The summed E-state index contributed by atoms with van der Waals surface area (Å²) in [6.45, 7) is -0.226. The van der Waals surface area contributed by atoms with E-state index >= 15 is 0 Å². The van der Waals surface area contributed by atoms with Gasteiger partial charge in [-0.2, -0.15) is 0 Å². The third kappa shape index (κ3) is 5.90. The minimum atomic E-state index is -0.532. The van der Waals surface area contributed by atoms with Crippen molar-refractivity contribution in [2.45, 2.75) is 11.0 Å². The smallest absolute Gasteiger partial charge is 0.276 e. The molecule has 1 fully saturated rings. The monoisotopic (exact) mass is 406 g/mol. The van der Waals surface area contributed by atoms with Crippen LogP contribution in [0.25, 0.3) is 0 Å². The number of ether oxygens (including phenoxy) is 1. The van der Waals surface area contributed by atoms with E-state index < -0.39 is 17.6 Å². The molecule has 27 heavy (non-hydrogen) atoms. The summed E-state index contributed by atoms with van der Waals surface area (Å²) in [4.78, 5) is 23.6. The predicted molar refractivity (Wildman–Crippen MR) is 106 cm³/mol. The van der Waals surface area contributed by atoms with Crippen LogP contribution in [-0.4, -0.2) is 29.9 Å². The van der Waals surface area contributed by atoms with Crippen molar-refractivity contribution in [1.29, 1.82) is 0 Å². The van der Waals surface area contributed by atoms with Gasteiger partial charge in [-0.1, -0.05) is 12.1 Å². The summed E-state index contributed by atoms with van der Waals surface area (Å²) in [5, 5.41) is 0. The van der Waals surface area contributed by atoms with Crippen molar-refractivity contribution in [3.8, 4) is 5.75 Å². The van der Waals surface area contributed by atoms with E-state index in [9.17, 15) is 14.0 Å². The Bertz CT molecular complexity index is 779. The van der Waals surface area contributed by atoms with Crippen LogP contribution in [0.1, 0.15) is 26.9 Å². The molecule has 0 bridgehead atoms.